The van der Waals surface area contributed by atoms with Crippen LogP contribution in [0.5, 0.6) is 0 Å². The maximum absolute atomic E-state index is 12.7. The molecule has 1 unspecified atom stereocenters. The first-order chi connectivity index (χ1) is 16.5. The lowest BCUT2D eigenvalue weighted by Crippen LogP contribution is -2.19. The van der Waals surface area contributed by atoms with Crippen LogP contribution in [0.15, 0.2) is 76.2 Å². The second-order valence-corrected chi connectivity index (χ2v) is 8.16. The van der Waals surface area contributed by atoms with E-state index in [1.807, 2.05) is 79.1 Å². The number of nitrogens with one attached hydrogen (secondary N) is 1. The Hall–Kier alpha value is -4.39. The molecule has 0 radical (unpaired) electrons. The smallest absolute Gasteiger partial charge is 0.326 e. The van der Waals surface area contributed by atoms with Gasteiger partial charge in [0, 0.05) is 27.5 Å². The molecule has 5 rings (SSSR count). The van der Waals surface area contributed by atoms with Crippen molar-refractivity contribution < 1.29 is 19.1 Å². The van der Waals surface area contributed by atoms with E-state index in [1.165, 1.54) is 0 Å². The van der Waals surface area contributed by atoms with Crippen molar-refractivity contribution in [3.05, 3.63) is 83.7 Å². The molecule has 34 heavy (non-hydrogen) atoms. The molecule has 170 valence electrons. The molecule has 0 saturated heterocycles. The predicted octanol–water partition coefficient (Wildman–Crippen LogP) is 5.65. The highest BCUT2D eigenvalue weighted by Gasteiger charge is 2.23. The van der Waals surface area contributed by atoms with Crippen molar-refractivity contribution in [2.45, 2.75) is 26.3 Å². The molecule has 0 aliphatic rings. The Morgan fingerprint density at radius 2 is 1.79 bits per heavy atom. The Kier molecular flexibility index (Phi) is 5.37. The van der Waals surface area contributed by atoms with Gasteiger partial charge >= 0.3 is 11.9 Å². The summed E-state index contributed by atoms with van der Waals surface area (Å²) in [5.41, 5.74) is 5.50. The molecule has 7 nitrogen and oxygen atoms in total. The van der Waals surface area contributed by atoms with Crippen LogP contribution < -0.4 is 5.43 Å². The fourth-order valence-electron chi connectivity index (χ4n) is 4.56. The minimum Gasteiger partial charge on any atom is -0.480 e. The summed E-state index contributed by atoms with van der Waals surface area (Å²) in [6.45, 7) is 3.71. The van der Waals surface area contributed by atoms with Crippen LogP contribution in [-0.4, -0.2) is 27.8 Å². The molecule has 1 amide bonds. The molecular formula is C27H23N3O4. The van der Waals surface area contributed by atoms with Gasteiger partial charge in [0.25, 0.3) is 0 Å². The molecule has 0 saturated carbocycles. The van der Waals surface area contributed by atoms with E-state index in [4.69, 9.17) is 4.42 Å². The highest BCUT2D eigenvalue weighted by atomic mass is 16.4. The number of hydrogen-bond acceptors (Lipinski definition) is 4. The number of aromatic nitrogens is 1. The number of rotatable bonds is 6. The van der Waals surface area contributed by atoms with Gasteiger partial charge in [-0.1, -0.05) is 55.5 Å². The van der Waals surface area contributed by atoms with Gasteiger partial charge in [-0.15, -0.1) is 0 Å². The lowest BCUT2D eigenvalue weighted by atomic mass is 10.1. The van der Waals surface area contributed by atoms with Crippen molar-refractivity contribution in [1.29, 1.82) is 0 Å². The Morgan fingerprint density at radius 1 is 1.06 bits per heavy atom. The van der Waals surface area contributed by atoms with Crippen molar-refractivity contribution in [3.63, 3.8) is 0 Å². The van der Waals surface area contributed by atoms with Gasteiger partial charge < -0.3 is 14.1 Å². The lowest BCUT2D eigenvalue weighted by molar-refractivity contribution is -0.140. The second kappa shape index (κ2) is 8.51. The van der Waals surface area contributed by atoms with Crippen LogP contribution >= 0.6 is 0 Å². The van der Waals surface area contributed by atoms with Crippen LogP contribution in [0, 0.1) is 6.92 Å². The van der Waals surface area contributed by atoms with Gasteiger partial charge in [-0.25, -0.2) is 10.2 Å². The predicted molar refractivity (Wildman–Crippen MR) is 132 cm³/mol. The van der Waals surface area contributed by atoms with E-state index in [1.54, 1.807) is 12.3 Å². The molecule has 7 heteroatoms. The van der Waals surface area contributed by atoms with Crippen LogP contribution in [0.4, 0.5) is 0 Å². The number of carbonyl (C=O) groups is 2. The maximum Gasteiger partial charge on any atom is 0.326 e. The van der Waals surface area contributed by atoms with Gasteiger partial charge in [0.2, 0.25) is 0 Å². The maximum atomic E-state index is 12.7. The van der Waals surface area contributed by atoms with E-state index >= 15 is 0 Å². The monoisotopic (exact) mass is 453 g/mol. The molecule has 2 heterocycles. The minimum atomic E-state index is -0.888. The molecule has 3 aromatic carbocycles. The van der Waals surface area contributed by atoms with E-state index < -0.39 is 17.9 Å². The summed E-state index contributed by atoms with van der Waals surface area (Å²) in [6, 6.07) is 20.3. The average molecular weight is 453 g/mol. The van der Waals surface area contributed by atoms with E-state index in [0.29, 0.717) is 12.0 Å². The lowest BCUT2D eigenvalue weighted by Gasteiger charge is -2.16. The molecule has 0 spiro atoms. The van der Waals surface area contributed by atoms with Crippen LogP contribution in [-0.2, 0) is 4.79 Å². The van der Waals surface area contributed by atoms with Gasteiger partial charge in [-0.2, -0.15) is 5.10 Å². The first-order valence-electron chi connectivity index (χ1n) is 11.1. The molecule has 0 aliphatic heterocycles. The first-order valence-corrected chi connectivity index (χ1v) is 11.1. The van der Waals surface area contributed by atoms with E-state index in [0.717, 1.165) is 38.3 Å². The van der Waals surface area contributed by atoms with Gasteiger partial charge in [-0.3, -0.25) is 4.79 Å². The van der Waals surface area contributed by atoms with Crippen LogP contribution in [0.3, 0.4) is 0 Å². The van der Waals surface area contributed by atoms with Gasteiger partial charge in [-0.05, 0) is 42.3 Å². The Labute approximate surface area is 195 Å². The third-order valence-electron chi connectivity index (χ3n) is 6.20. The molecule has 0 aliphatic carbocycles. The fraction of sp³-hybridized carbons (Fsp3) is 0.148. The number of para-hydroxylation sites is 1. The Bertz CT molecular complexity index is 1590. The summed E-state index contributed by atoms with van der Waals surface area (Å²) < 4.78 is 7.57. The van der Waals surface area contributed by atoms with Crippen LogP contribution in [0.2, 0.25) is 0 Å². The third-order valence-corrected chi connectivity index (χ3v) is 6.20. The largest absolute Gasteiger partial charge is 0.480 e. The van der Waals surface area contributed by atoms with Crippen molar-refractivity contribution in [3.8, 4) is 0 Å². The highest BCUT2D eigenvalue weighted by molar-refractivity contribution is 6.09. The quantitative estimate of drug-likeness (QED) is 0.256. The van der Waals surface area contributed by atoms with E-state index in [-0.39, 0.29) is 5.76 Å². The second-order valence-electron chi connectivity index (χ2n) is 8.16. The first kappa shape index (κ1) is 21.5. The SMILES string of the molecule is CCC(C(=O)O)n1c(C)c(C=NNC(=O)c2cc3c(ccc4ccccc43)o2)c2ccccc21. The highest BCUT2D eigenvalue weighted by Crippen LogP contribution is 2.30. The number of amides is 1. The number of carboxylic acids is 1. The number of carbonyl (C=O) groups excluding carboxylic acids is 1. The molecule has 0 bridgehead atoms. The number of hydrogen-bond donors (Lipinski definition) is 2. The number of nitrogens with zero attached hydrogens (tertiary/aromatic N) is 2. The number of carboxylic acid groups (broad SMARTS) is 1. The summed E-state index contributed by atoms with van der Waals surface area (Å²) in [4.78, 5) is 24.6. The zero-order valence-electron chi connectivity index (χ0n) is 18.8. The summed E-state index contributed by atoms with van der Waals surface area (Å²) in [6.07, 6.45) is 2.00. The number of aliphatic carboxylic acids is 1. The van der Waals surface area contributed by atoms with Gasteiger partial charge in [0.15, 0.2) is 5.76 Å². The van der Waals surface area contributed by atoms with E-state index in [9.17, 15) is 14.7 Å². The summed E-state index contributed by atoms with van der Waals surface area (Å²) in [5.74, 6) is -1.19. The van der Waals surface area contributed by atoms with Crippen molar-refractivity contribution in [2.75, 3.05) is 0 Å². The zero-order chi connectivity index (χ0) is 23.8. The standard InChI is InChI=1S/C27H23N3O4/c1-3-22(27(32)33)30-16(2)21(19-10-6-7-11-23(19)30)15-28-29-26(31)25-14-20-18-9-5-4-8-17(18)12-13-24(20)34-25/h4-15,22H,3H2,1-2H3,(H,29,31)(H,32,33). The summed E-state index contributed by atoms with van der Waals surface area (Å²) in [7, 11) is 0. The topological polar surface area (TPSA) is 96.8 Å². The molecule has 5 aromatic rings. The fourth-order valence-corrected chi connectivity index (χ4v) is 4.56. The summed E-state index contributed by atoms with van der Waals surface area (Å²) >= 11 is 0. The van der Waals surface area contributed by atoms with E-state index in [2.05, 4.69) is 10.5 Å². The number of fused-ring (bicyclic) bond motifs is 4. The summed E-state index contributed by atoms with van der Waals surface area (Å²) in [5, 5.41) is 17.7. The molecule has 2 N–H and O–H groups in total. The minimum absolute atomic E-state index is 0.166. The number of furan rings is 1. The third kappa shape index (κ3) is 3.51. The van der Waals surface area contributed by atoms with Gasteiger partial charge in [0.1, 0.15) is 11.6 Å². The Balaban J connectivity index is 1.46. The van der Waals surface area contributed by atoms with Crippen molar-refractivity contribution in [2.24, 2.45) is 5.10 Å². The molecule has 1 atom stereocenters. The molecule has 2 aromatic heterocycles. The van der Waals surface area contributed by atoms with Crippen molar-refractivity contribution in [1.82, 2.24) is 9.99 Å². The van der Waals surface area contributed by atoms with Crippen molar-refractivity contribution >= 4 is 50.7 Å². The zero-order valence-corrected chi connectivity index (χ0v) is 18.8. The Morgan fingerprint density at radius 3 is 2.56 bits per heavy atom. The van der Waals surface area contributed by atoms with Crippen LogP contribution in [0.25, 0.3) is 32.6 Å². The average Bonchev–Trinajstić information content (AvgIpc) is 3.40. The molecule has 0 fully saturated rings. The number of hydrazone groups is 1. The van der Waals surface area contributed by atoms with Gasteiger partial charge in [0.05, 0.1) is 6.21 Å². The normalized spacial score (nSPS) is 12.6. The number of benzene rings is 3. The molecular weight excluding hydrogens is 430 g/mol. The van der Waals surface area contributed by atoms with Crippen LogP contribution in [0.1, 0.15) is 41.2 Å².